The van der Waals surface area contributed by atoms with E-state index in [4.69, 9.17) is 4.74 Å². The minimum atomic E-state index is -0.0764. The van der Waals surface area contributed by atoms with E-state index in [1.165, 1.54) is 24.8 Å². The van der Waals surface area contributed by atoms with Crippen molar-refractivity contribution in [1.82, 2.24) is 5.32 Å². The van der Waals surface area contributed by atoms with Crippen LogP contribution in [0.25, 0.3) is 0 Å². The first kappa shape index (κ1) is 13.1. The summed E-state index contributed by atoms with van der Waals surface area (Å²) in [4.78, 5) is 11.3. The molecule has 0 spiro atoms. The summed E-state index contributed by atoms with van der Waals surface area (Å²) in [6, 6.07) is 0. The van der Waals surface area contributed by atoms with Gasteiger partial charge in [-0.05, 0) is 38.3 Å². The van der Waals surface area contributed by atoms with Crippen molar-refractivity contribution in [3.05, 3.63) is 11.8 Å². The first-order valence-corrected chi connectivity index (χ1v) is 6.37. The van der Waals surface area contributed by atoms with Crippen LogP contribution in [0.1, 0.15) is 52.4 Å². The molecule has 1 N–H and O–H groups in total. The Morgan fingerprint density at radius 3 is 2.75 bits per heavy atom. The first-order valence-electron chi connectivity index (χ1n) is 6.37. The van der Waals surface area contributed by atoms with Gasteiger partial charge in [0.15, 0.2) is 0 Å². The molecule has 1 atom stereocenters. The smallest absolute Gasteiger partial charge is 0.306 e. The van der Waals surface area contributed by atoms with E-state index in [1.807, 2.05) is 13.8 Å². The van der Waals surface area contributed by atoms with Crippen molar-refractivity contribution >= 4 is 5.97 Å². The molecule has 0 amide bonds. The summed E-state index contributed by atoms with van der Waals surface area (Å²) in [6.45, 7) is 4.76. The SMILES string of the molecule is CCCC(=O)OC(CC)CNC=C1CCC1. The third kappa shape index (κ3) is 4.69. The van der Waals surface area contributed by atoms with Crippen LogP contribution in [0.3, 0.4) is 0 Å². The van der Waals surface area contributed by atoms with Crippen LogP contribution in [0, 0.1) is 0 Å². The average Bonchev–Trinajstić information content (AvgIpc) is 2.20. The molecule has 1 aliphatic carbocycles. The fourth-order valence-electron chi connectivity index (χ4n) is 1.58. The Morgan fingerprint density at radius 1 is 1.50 bits per heavy atom. The van der Waals surface area contributed by atoms with Gasteiger partial charge in [-0.3, -0.25) is 4.79 Å². The van der Waals surface area contributed by atoms with Crippen LogP contribution < -0.4 is 5.32 Å². The van der Waals surface area contributed by atoms with Crippen molar-refractivity contribution in [3.8, 4) is 0 Å². The van der Waals surface area contributed by atoms with Crippen LogP contribution in [-0.4, -0.2) is 18.6 Å². The maximum atomic E-state index is 11.3. The molecule has 0 aliphatic heterocycles. The molecular formula is C13H23NO2. The Morgan fingerprint density at radius 2 is 2.25 bits per heavy atom. The molecule has 0 saturated heterocycles. The number of hydrogen-bond donors (Lipinski definition) is 1. The molecule has 0 radical (unpaired) electrons. The second-order valence-corrected chi connectivity index (χ2v) is 4.33. The molecule has 1 rings (SSSR count). The standard InChI is InChI=1S/C13H23NO2/c1-3-6-13(15)16-12(4-2)10-14-9-11-7-5-8-11/h9,12,14H,3-8,10H2,1-2H3. The van der Waals surface area contributed by atoms with E-state index in [0.717, 1.165) is 19.4 Å². The van der Waals surface area contributed by atoms with Crippen molar-refractivity contribution in [3.63, 3.8) is 0 Å². The monoisotopic (exact) mass is 225 g/mol. The zero-order valence-corrected chi connectivity index (χ0v) is 10.4. The minimum Gasteiger partial charge on any atom is -0.460 e. The summed E-state index contributed by atoms with van der Waals surface area (Å²) in [5, 5.41) is 3.25. The van der Waals surface area contributed by atoms with Gasteiger partial charge in [-0.15, -0.1) is 0 Å². The van der Waals surface area contributed by atoms with Crippen LogP contribution >= 0.6 is 0 Å². The maximum absolute atomic E-state index is 11.3. The number of allylic oxidation sites excluding steroid dienone is 1. The molecule has 1 aliphatic rings. The predicted molar refractivity (Wildman–Crippen MR) is 65.0 cm³/mol. The van der Waals surface area contributed by atoms with Crippen molar-refractivity contribution in [2.24, 2.45) is 0 Å². The van der Waals surface area contributed by atoms with E-state index >= 15 is 0 Å². The molecular weight excluding hydrogens is 202 g/mol. The topological polar surface area (TPSA) is 38.3 Å². The lowest BCUT2D eigenvalue weighted by Gasteiger charge is -2.19. The normalized spacial score (nSPS) is 16.2. The van der Waals surface area contributed by atoms with Gasteiger partial charge >= 0.3 is 5.97 Å². The molecule has 1 fully saturated rings. The summed E-state index contributed by atoms with van der Waals surface area (Å²) in [5.41, 5.74) is 1.48. The molecule has 3 nitrogen and oxygen atoms in total. The number of carbonyl (C=O) groups is 1. The van der Waals surface area contributed by atoms with E-state index in [0.29, 0.717) is 6.42 Å². The fraction of sp³-hybridized carbons (Fsp3) is 0.769. The van der Waals surface area contributed by atoms with Crippen molar-refractivity contribution in [2.45, 2.75) is 58.5 Å². The Labute approximate surface area is 98.2 Å². The number of ether oxygens (including phenoxy) is 1. The largest absolute Gasteiger partial charge is 0.460 e. The fourth-order valence-corrected chi connectivity index (χ4v) is 1.58. The minimum absolute atomic E-state index is 0.0102. The van der Waals surface area contributed by atoms with Crippen LogP contribution in [0.4, 0.5) is 0 Å². The molecule has 0 aromatic carbocycles. The quantitative estimate of drug-likeness (QED) is 0.677. The molecule has 16 heavy (non-hydrogen) atoms. The van der Waals surface area contributed by atoms with Gasteiger partial charge in [0, 0.05) is 6.42 Å². The van der Waals surface area contributed by atoms with Gasteiger partial charge in [-0.2, -0.15) is 0 Å². The Balaban J connectivity index is 2.17. The zero-order chi connectivity index (χ0) is 11.8. The summed E-state index contributed by atoms with van der Waals surface area (Å²) < 4.78 is 5.34. The van der Waals surface area contributed by atoms with Crippen LogP contribution in [-0.2, 0) is 9.53 Å². The van der Waals surface area contributed by atoms with Gasteiger partial charge in [-0.1, -0.05) is 19.4 Å². The van der Waals surface area contributed by atoms with Crippen molar-refractivity contribution in [1.29, 1.82) is 0 Å². The van der Waals surface area contributed by atoms with E-state index in [9.17, 15) is 4.79 Å². The highest BCUT2D eigenvalue weighted by Gasteiger charge is 2.12. The Bertz CT molecular complexity index is 242. The predicted octanol–water partition coefficient (Wildman–Crippen LogP) is 2.77. The van der Waals surface area contributed by atoms with E-state index in [2.05, 4.69) is 11.5 Å². The summed E-state index contributed by atoms with van der Waals surface area (Å²) in [6.07, 6.45) is 8.10. The molecule has 1 saturated carbocycles. The van der Waals surface area contributed by atoms with Gasteiger partial charge < -0.3 is 10.1 Å². The van der Waals surface area contributed by atoms with Gasteiger partial charge in [0.05, 0.1) is 6.54 Å². The lowest BCUT2D eigenvalue weighted by molar-refractivity contribution is -0.148. The molecule has 0 bridgehead atoms. The highest BCUT2D eigenvalue weighted by molar-refractivity contribution is 5.69. The van der Waals surface area contributed by atoms with E-state index in [1.54, 1.807) is 0 Å². The summed E-state index contributed by atoms with van der Waals surface area (Å²) >= 11 is 0. The number of nitrogens with one attached hydrogen (secondary N) is 1. The zero-order valence-electron chi connectivity index (χ0n) is 10.4. The van der Waals surface area contributed by atoms with E-state index < -0.39 is 0 Å². The molecule has 0 heterocycles. The van der Waals surface area contributed by atoms with Gasteiger partial charge in [0.25, 0.3) is 0 Å². The number of carbonyl (C=O) groups excluding carboxylic acids is 1. The molecule has 1 unspecified atom stereocenters. The lowest BCUT2D eigenvalue weighted by Crippen LogP contribution is -2.28. The van der Waals surface area contributed by atoms with Gasteiger partial charge in [0.1, 0.15) is 6.10 Å². The van der Waals surface area contributed by atoms with Gasteiger partial charge in [0.2, 0.25) is 0 Å². The molecule has 0 aromatic rings. The van der Waals surface area contributed by atoms with Crippen LogP contribution in [0.5, 0.6) is 0 Å². The molecule has 0 aromatic heterocycles. The van der Waals surface area contributed by atoms with Crippen LogP contribution in [0.15, 0.2) is 11.8 Å². The molecule has 3 heteroatoms. The van der Waals surface area contributed by atoms with Crippen molar-refractivity contribution in [2.75, 3.05) is 6.54 Å². The molecule has 92 valence electrons. The van der Waals surface area contributed by atoms with Crippen molar-refractivity contribution < 1.29 is 9.53 Å². The number of hydrogen-bond acceptors (Lipinski definition) is 3. The maximum Gasteiger partial charge on any atom is 0.306 e. The Hall–Kier alpha value is -0.990. The lowest BCUT2D eigenvalue weighted by atomic mass is 9.94. The highest BCUT2D eigenvalue weighted by Crippen LogP contribution is 2.23. The summed E-state index contributed by atoms with van der Waals surface area (Å²) in [7, 11) is 0. The average molecular weight is 225 g/mol. The highest BCUT2D eigenvalue weighted by atomic mass is 16.5. The summed E-state index contributed by atoms with van der Waals surface area (Å²) in [5.74, 6) is -0.0764. The number of rotatable bonds is 7. The van der Waals surface area contributed by atoms with E-state index in [-0.39, 0.29) is 12.1 Å². The first-order chi connectivity index (χ1) is 7.76. The second-order valence-electron chi connectivity index (χ2n) is 4.33. The van der Waals surface area contributed by atoms with Crippen LogP contribution in [0.2, 0.25) is 0 Å². The third-order valence-electron chi connectivity index (χ3n) is 2.86. The Kier molecular flexibility index (Phi) is 5.98. The second kappa shape index (κ2) is 7.31. The van der Waals surface area contributed by atoms with Gasteiger partial charge in [-0.25, -0.2) is 0 Å². The number of esters is 1. The third-order valence-corrected chi connectivity index (χ3v) is 2.86.